The predicted molar refractivity (Wildman–Crippen MR) is 131 cm³/mol. The van der Waals surface area contributed by atoms with Crippen molar-refractivity contribution in [2.24, 2.45) is 5.10 Å². The molecule has 166 valence electrons. The van der Waals surface area contributed by atoms with Crippen LogP contribution in [0.1, 0.15) is 16.7 Å². The number of nitrogens with zero attached hydrogens (tertiary/aromatic N) is 4. The number of hydrogen-bond donors (Lipinski definition) is 2. The fourth-order valence-electron chi connectivity index (χ4n) is 3.11. The standard InChI is InChI=1S/C25H23N5O2S/c1-17-7-11-19(12-8-17)24-28-29-25(30(24)21-13-9-18(2)10-14-21)33-16-23(32)27-26-15-20-5-3-4-6-22(20)31/h3-15,31H,16H2,1-2H3,(H,27,32). The van der Waals surface area contributed by atoms with E-state index < -0.39 is 0 Å². The van der Waals surface area contributed by atoms with Crippen LogP contribution in [0.25, 0.3) is 17.1 Å². The first kappa shape index (κ1) is 22.3. The number of aromatic hydroxyl groups is 1. The number of hydrogen-bond acceptors (Lipinski definition) is 6. The molecule has 3 aromatic carbocycles. The predicted octanol–water partition coefficient (Wildman–Crippen LogP) is 4.50. The van der Waals surface area contributed by atoms with Crippen LogP contribution < -0.4 is 5.43 Å². The van der Waals surface area contributed by atoms with Crippen LogP contribution in [-0.4, -0.2) is 37.7 Å². The number of amides is 1. The topological polar surface area (TPSA) is 92.4 Å². The average Bonchev–Trinajstić information content (AvgIpc) is 3.24. The number of nitrogens with one attached hydrogen (secondary N) is 1. The van der Waals surface area contributed by atoms with Crippen molar-refractivity contribution in [2.45, 2.75) is 19.0 Å². The molecule has 0 atom stereocenters. The molecule has 0 aliphatic carbocycles. The number of rotatable bonds is 7. The highest BCUT2D eigenvalue weighted by Crippen LogP contribution is 2.28. The second-order valence-electron chi connectivity index (χ2n) is 7.48. The van der Waals surface area contributed by atoms with Crippen LogP contribution in [0.2, 0.25) is 0 Å². The fraction of sp³-hybridized carbons (Fsp3) is 0.120. The first-order valence-electron chi connectivity index (χ1n) is 10.3. The molecule has 4 rings (SSSR count). The molecule has 7 nitrogen and oxygen atoms in total. The molecule has 0 spiro atoms. The average molecular weight is 458 g/mol. The van der Waals surface area contributed by atoms with E-state index in [1.54, 1.807) is 24.3 Å². The number of benzene rings is 3. The molecule has 4 aromatic rings. The minimum Gasteiger partial charge on any atom is -0.507 e. The van der Waals surface area contributed by atoms with E-state index in [0.29, 0.717) is 16.5 Å². The highest BCUT2D eigenvalue weighted by Gasteiger charge is 2.17. The number of hydrazone groups is 1. The summed E-state index contributed by atoms with van der Waals surface area (Å²) in [5.74, 6) is 0.622. The van der Waals surface area contributed by atoms with Crippen LogP contribution in [0.3, 0.4) is 0 Å². The van der Waals surface area contributed by atoms with Crippen molar-refractivity contribution in [3.05, 3.63) is 89.5 Å². The number of aryl methyl sites for hydroxylation is 2. The van der Waals surface area contributed by atoms with Gasteiger partial charge in [-0.15, -0.1) is 10.2 Å². The fourth-order valence-corrected chi connectivity index (χ4v) is 3.86. The van der Waals surface area contributed by atoms with Crippen molar-refractivity contribution in [1.29, 1.82) is 0 Å². The smallest absolute Gasteiger partial charge is 0.250 e. The molecule has 0 saturated heterocycles. The van der Waals surface area contributed by atoms with Crippen LogP contribution in [0.4, 0.5) is 0 Å². The Kier molecular flexibility index (Phi) is 6.85. The zero-order valence-electron chi connectivity index (χ0n) is 18.3. The number of para-hydroxylation sites is 1. The van der Waals surface area contributed by atoms with Gasteiger partial charge in [0, 0.05) is 16.8 Å². The van der Waals surface area contributed by atoms with Crippen molar-refractivity contribution in [1.82, 2.24) is 20.2 Å². The largest absolute Gasteiger partial charge is 0.507 e. The van der Waals surface area contributed by atoms with Gasteiger partial charge in [-0.3, -0.25) is 9.36 Å². The van der Waals surface area contributed by atoms with Gasteiger partial charge in [-0.2, -0.15) is 5.10 Å². The van der Waals surface area contributed by atoms with Gasteiger partial charge in [0.25, 0.3) is 5.91 Å². The lowest BCUT2D eigenvalue weighted by Gasteiger charge is -2.11. The molecular formula is C25H23N5O2S. The van der Waals surface area contributed by atoms with Gasteiger partial charge in [-0.1, -0.05) is 71.4 Å². The summed E-state index contributed by atoms with van der Waals surface area (Å²) in [6.45, 7) is 4.07. The van der Waals surface area contributed by atoms with Crippen LogP contribution in [0.5, 0.6) is 5.75 Å². The lowest BCUT2D eigenvalue weighted by atomic mass is 10.1. The number of phenols is 1. The van der Waals surface area contributed by atoms with Crippen molar-refractivity contribution in [3.8, 4) is 22.8 Å². The van der Waals surface area contributed by atoms with E-state index in [9.17, 15) is 9.90 Å². The number of thioether (sulfide) groups is 1. The van der Waals surface area contributed by atoms with Crippen LogP contribution in [-0.2, 0) is 4.79 Å². The van der Waals surface area contributed by atoms with Gasteiger partial charge in [0.05, 0.1) is 12.0 Å². The normalized spacial score (nSPS) is 11.1. The summed E-state index contributed by atoms with van der Waals surface area (Å²) in [6.07, 6.45) is 1.40. The zero-order valence-corrected chi connectivity index (χ0v) is 19.1. The molecule has 0 saturated carbocycles. The van der Waals surface area contributed by atoms with E-state index in [2.05, 4.69) is 20.7 Å². The summed E-state index contributed by atoms with van der Waals surface area (Å²) in [5, 5.41) is 23.1. The molecular weight excluding hydrogens is 434 g/mol. The number of carbonyl (C=O) groups excluding carboxylic acids is 1. The molecule has 1 amide bonds. The Hall–Kier alpha value is -3.91. The molecule has 0 unspecified atom stereocenters. The summed E-state index contributed by atoms with van der Waals surface area (Å²) in [6, 6.07) is 22.9. The Balaban J connectivity index is 1.52. The van der Waals surface area contributed by atoms with Crippen molar-refractivity contribution in [3.63, 3.8) is 0 Å². The van der Waals surface area contributed by atoms with E-state index in [0.717, 1.165) is 22.4 Å². The van der Waals surface area contributed by atoms with Gasteiger partial charge >= 0.3 is 0 Å². The summed E-state index contributed by atoms with van der Waals surface area (Å²) in [7, 11) is 0. The molecule has 0 aliphatic heterocycles. The second kappa shape index (κ2) is 10.1. The first-order chi connectivity index (χ1) is 16.0. The quantitative estimate of drug-likeness (QED) is 0.242. The highest BCUT2D eigenvalue weighted by molar-refractivity contribution is 7.99. The van der Waals surface area contributed by atoms with Crippen molar-refractivity contribution < 1.29 is 9.90 Å². The van der Waals surface area contributed by atoms with Gasteiger partial charge in [0.15, 0.2) is 11.0 Å². The van der Waals surface area contributed by atoms with Crippen LogP contribution in [0.15, 0.2) is 83.1 Å². The lowest BCUT2D eigenvalue weighted by Crippen LogP contribution is -2.20. The Morgan fingerprint density at radius 1 is 1.00 bits per heavy atom. The SMILES string of the molecule is Cc1ccc(-c2nnc(SCC(=O)NN=Cc3ccccc3O)n2-c2ccc(C)cc2)cc1. The van der Waals surface area contributed by atoms with Gasteiger partial charge in [-0.25, -0.2) is 5.43 Å². The van der Waals surface area contributed by atoms with E-state index in [4.69, 9.17) is 0 Å². The van der Waals surface area contributed by atoms with Crippen molar-refractivity contribution in [2.75, 3.05) is 5.75 Å². The Morgan fingerprint density at radius 2 is 1.67 bits per heavy atom. The number of carbonyl (C=O) groups is 1. The molecule has 33 heavy (non-hydrogen) atoms. The third-order valence-electron chi connectivity index (χ3n) is 4.90. The Bertz CT molecular complexity index is 1280. The van der Waals surface area contributed by atoms with Gasteiger partial charge in [0.2, 0.25) is 0 Å². The van der Waals surface area contributed by atoms with Gasteiger partial charge < -0.3 is 5.11 Å². The Morgan fingerprint density at radius 3 is 2.36 bits per heavy atom. The minimum atomic E-state index is -0.290. The molecule has 8 heteroatoms. The van der Waals surface area contributed by atoms with Crippen LogP contribution >= 0.6 is 11.8 Å². The molecule has 0 radical (unpaired) electrons. The molecule has 0 fully saturated rings. The highest BCUT2D eigenvalue weighted by atomic mass is 32.2. The Labute approximate surface area is 196 Å². The van der Waals surface area contributed by atoms with Crippen LogP contribution in [0, 0.1) is 13.8 Å². The summed E-state index contributed by atoms with van der Waals surface area (Å²) < 4.78 is 1.95. The third kappa shape index (κ3) is 5.48. The van der Waals surface area contributed by atoms with Gasteiger partial charge in [0.1, 0.15) is 5.75 Å². The molecule has 0 aliphatic rings. The minimum absolute atomic E-state index is 0.0970. The number of phenolic OH excluding ortho intramolecular Hbond substituents is 1. The maximum atomic E-state index is 12.3. The zero-order chi connectivity index (χ0) is 23.2. The summed E-state index contributed by atoms with van der Waals surface area (Å²) in [5.41, 5.74) is 7.18. The van der Waals surface area contributed by atoms with Gasteiger partial charge in [-0.05, 0) is 38.1 Å². The molecule has 0 bridgehead atoms. The maximum Gasteiger partial charge on any atom is 0.250 e. The third-order valence-corrected chi connectivity index (χ3v) is 5.83. The second-order valence-corrected chi connectivity index (χ2v) is 8.43. The molecule has 1 heterocycles. The number of aromatic nitrogens is 3. The van der Waals surface area contributed by atoms with Crippen molar-refractivity contribution >= 4 is 23.9 Å². The maximum absolute atomic E-state index is 12.3. The van der Waals surface area contributed by atoms with E-state index in [-0.39, 0.29) is 17.4 Å². The molecule has 1 aromatic heterocycles. The lowest BCUT2D eigenvalue weighted by molar-refractivity contribution is -0.118. The van der Waals surface area contributed by atoms with E-state index in [1.807, 2.05) is 66.9 Å². The van der Waals surface area contributed by atoms with E-state index >= 15 is 0 Å². The van der Waals surface area contributed by atoms with E-state index in [1.165, 1.54) is 18.0 Å². The first-order valence-corrected chi connectivity index (χ1v) is 11.3. The summed E-state index contributed by atoms with van der Waals surface area (Å²) in [4.78, 5) is 12.3. The summed E-state index contributed by atoms with van der Waals surface area (Å²) >= 11 is 1.28. The monoisotopic (exact) mass is 457 g/mol. The molecule has 2 N–H and O–H groups in total.